The summed E-state index contributed by atoms with van der Waals surface area (Å²) < 4.78 is 27.9. The lowest BCUT2D eigenvalue weighted by Crippen LogP contribution is -2.25. The standard InChI is InChI=1S/C16H21NO4S/c1-22(19,20)11-3-9-17(13-16-4-2-10-21-16)12-14-5-7-15(18)8-6-14/h2,4-8,10,18H,3,9,11-13H2,1H3. The first-order chi connectivity index (χ1) is 10.4. The van der Waals surface area contributed by atoms with Gasteiger partial charge in [-0.15, -0.1) is 0 Å². The summed E-state index contributed by atoms with van der Waals surface area (Å²) in [4.78, 5) is 2.14. The highest BCUT2D eigenvalue weighted by Gasteiger charge is 2.11. The van der Waals surface area contributed by atoms with Gasteiger partial charge in [0, 0.05) is 12.8 Å². The molecule has 0 amide bonds. The molecule has 1 aromatic carbocycles. The Balaban J connectivity index is 1.98. The van der Waals surface area contributed by atoms with Crippen molar-refractivity contribution in [2.45, 2.75) is 19.5 Å². The van der Waals surface area contributed by atoms with Gasteiger partial charge in [0.25, 0.3) is 0 Å². The lowest BCUT2D eigenvalue weighted by Gasteiger charge is -2.21. The van der Waals surface area contributed by atoms with Gasteiger partial charge in [-0.3, -0.25) is 4.90 Å². The number of benzene rings is 1. The maximum Gasteiger partial charge on any atom is 0.147 e. The van der Waals surface area contributed by atoms with Crippen LogP contribution in [0, 0.1) is 0 Å². The van der Waals surface area contributed by atoms with Crippen LogP contribution in [0.2, 0.25) is 0 Å². The van der Waals surface area contributed by atoms with Crippen LogP contribution in [0.3, 0.4) is 0 Å². The van der Waals surface area contributed by atoms with E-state index >= 15 is 0 Å². The van der Waals surface area contributed by atoms with Crippen molar-refractivity contribution in [3.05, 3.63) is 54.0 Å². The first-order valence-electron chi connectivity index (χ1n) is 7.13. The Morgan fingerprint density at radius 1 is 1.14 bits per heavy atom. The molecular weight excluding hydrogens is 302 g/mol. The van der Waals surface area contributed by atoms with E-state index in [-0.39, 0.29) is 11.5 Å². The van der Waals surface area contributed by atoms with Crippen molar-refractivity contribution in [2.24, 2.45) is 0 Å². The van der Waals surface area contributed by atoms with E-state index < -0.39 is 9.84 Å². The highest BCUT2D eigenvalue weighted by molar-refractivity contribution is 7.90. The fraction of sp³-hybridized carbons (Fsp3) is 0.375. The number of nitrogens with zero attached hydrogens (tertiary/aromatic N) is 1. The van der Waals surface area contributed by atoms with Crippen molar-refractivity contribution in [1.82, 2.24) is 4.90 Å². The van der Waals surface area contributed by atoms with Gasteiger partial charge in [-0.25, -0.2) is 8.42 Å². The summed E-state index contributed by atoms with van der Waals surface area (Å²) in [6.07, 6.45) is 3.46. The Morgan fingerprint density at radius 3 is 2.45 bits per heavy atom. The number of rotatable bonds is 8. The van der Waals surface area contributed by atoms with Crippen molar-refractivity contribution in [3.63, 3.8) is 0 Å². The van der Waals surface area contributed by atoms with Gasteiger partial charge < -0.3 is 9.52 Å². The Hall–Kier alpha value is -1.79. The molecule has 0 aliphatic heterocycles. The molecule has 0 saturated heterocycles. The summed E-state index contributed by atoms with van der Waals surface area (Å²) in [5.41, 5.74) is 1.06. The van der Waals surface area contributed by atoms with Gasteiger partial charge in [-0.1, -0.05) is 12.1 Å². The zero-order chi connectivity index (χ0) is 16.0. The number of aromatic hydroxyl groups is 1. The zero-order valence-corrected chi connectivity index (χ0v) is 13.4. The number of hydrogen-bond acceptors (Lipinski definition) is 5. The molecule has 120 valence electrons. The minimum atomic E-state index is -2.94. The minimum absolute atomic E-state index is 0.178. The predicted molar refractivity (Wildman–Crippen MR) is 85.3 cm³/mol. The second-order valence-electron chi connectivity index (χ2n) is 5.44. The van der Waals surface area contributed by atoms with Crippen LogP contribution >= 0.6 is 0 Å². The van der Waals surface area contributed by atoms with Crippen molar-refractivity contribution in [3.8, 4) is 5.75 Å². The number of phenols is 1. The molecule has 0 fully saturated rings. The van der Waals surface area contributed by atoms with Crippen LogP contribution in [0.1, 0.15) is 17.7 Å². The number of sulfone groups is 1. The summed E-state index contributed by atoms with van der Waals surface area (Å²) in [6, 6.07) is 10.8. The van der Waals surface area contributed by atoms with E-state index in [4.69, 9.17) is 4.42 Å². The summed E-state index contributed by atoms with van der Waals surface area (Å²) >= 11 is 0. The molecule has 0 aliphatic carbocycles. The smallest absolute Gasteiger partial charge is 0.147 e. The first kappa shape index (κ1) is 16.6. The fourth-order valence-corrected chi connectivity index (χ4v) is 2.90. The molecule has 0 atom stereocenters. The van der Waals surface area contributed by atoms with Gasteiger partial charge in [0.2, 0.25) is 0 Å². The second kappa shape index (κ2) is 7.47. The highest BCUT2D eigenvalue weighted by Crippen LogP contribution is 2.14. The van der Waals surface area contributed by atoms with Gasteiger partial charge >= 0.3 is 0 Å². The van der Waals surface area contributed by atoms with Crippen LogP contribution in [0.25, 0.3) is 0 Å². The van der Waals surface area contributed by atoms with Crippen molar-refractivity contribution >= 4 is 9.84 Å². The summed E-state index contributed by atoms with van der Waals surface area (Å²) in [6.45, 7) is 1.96. The van der Waals surface area contributed by atoms with Crippen LogP contribution in [-0.2, 0) is 22.9 Å². The summed E-state index contributed by atoms with van der Waals surface area (Å²) in [5.74, 6) is 1.26. The average molecular weight is 323 g/mol. The van der Waals surface area contributed by atoms with E-state index in [0.717, 1.165) is 11.3 Å². The first-order valence-corrected chi connectivity index (χ1v) is 9.19. The summed E-state index contributed by atoms with van der Waals surface area (Å²) in [5, 5.41) is 9.33. The van der Waals surface area contributed by atoms with Gasteiger partial charge in [-0.05, 0) is 42.8 Å². The fourth-order valence-electron chi connectivity index (χ4n) is 2.25. The molecule has 1 heterocycles. The molecular formula is C16H21NO4S. The minimum Gasteiger partial charge on any atom is -0.508 e. The third kappa shape index (κ3) is 5.91. The molecule has 0 bridgehead atoms. The monoisotopic (exact) mass is 323 g/mol. The van der Waals surface area contributed by atoms with Crippen LogP contribution in [0.15, 0.2) is 47.1 Å². The largest absolute Gasteiger partial charge is 0.508 e. The maximum absolute atomic E-state index is 11.3. The third-order valence-electron chi connectivity index (χ3n) is 3.29. The average Bonchev–Trinajstić information content (AvgIpc) is 2.93. The quantitative estimate of drug-likeness (QED) is 0.808. The van der Waals surface area contributed by atoms with E-state index in [9.17, 15) is 13.5 Å². The Bertz CT molecular complexity index is 663. The number of furan rings is 1. The Morgan fingerprint density at radius 2 is 1.86 bits per heavy atom. The van der Waals surface area contributed by atoms with Crippen molar-refractivity contribution < 1.29 is 17.9 Å². The molecule has 0 saturated carbocycles. The molecule has 5 nitrogen and oxygen atoms in total. The van der Waals surface area contributed by atoms with Gasteiger partial charge in [0.05, 0.1) is 18.6 Å². The molecule has 0 unspecified atom stereocenters. The van der Waals surface area contributed by atoms with E-state index in [1.54, 1.807) is 18.4 Å². The highest BCUT2D eigenvalue weighted by atomic mass is 32.2. The Labute approximate surface area is 131 Å². The Kier molecular flexibility index (Phi) is 5.63. The number of phenolic OH excluding ortho intramolecular Hbond substituents is 1. The molecule has 0 aliphatic rings. The SMILES string of the molecule is CS(=O)(=O)CCCN(Cc1ccc(O)cc1)Cc1ccco1. The molecule has 1 aromatic heterocycles. The zero-order valence-electron chi connectivity index (χ0n) is 12.6. The lowest BCUT2D eigenvalue weighted by atomic mass is 10.2. The predicted octanol–water partition coefficient (Wildman–Crippen LogP) is 2.42. The van der Waals surface area contributed by atoms with Crippen LogP contribution in [0.4, 0.5) is 0 Å². The van der Waals surface area contributed by atoms with Crippen molar-refractivity contribution in [2.75, 3.05) is 18.6 Å². The van der Waals surface area contributed by atoms with Crippen molar-refractivity contribution in [1.29, 1.82) is 0 Å². The van der Waals surface area contributed by atoms with Gasteiger partial charge in [0.1, 0.15) is 21.3 Å². The molecule has 22 heavy (non-hydrogen) atoms. The lowest BCUT2D eigenvalue weighted by molar-refractivity contribution is 0.236. The van der Waals surface area contributed by atoms with E-state index in [2.05, 4.69) is 4.90 Å². The van der Waals surface area contributed by atoms with Crippen LogP contribution in [0.5, 0.6) is 5.75 Å². The number of hydrogen-bond donors (Lipinski definition) is 1. The molecule has 6 heteroatoms. The van der Waals surface area contributed by atoms with Crippen LogP contribution < -0.4 is 0 Å². The van der Waals surface area contributed by atoms with Crippen LogP contribution in [-0.4, -0.2) is 37.0 Å². The van der Waals surface area contributed by atoms with E-state index in [1.165, 1.54) is 6.26 Å². The summed E-state index contributed by atoms with van der Waals surface area (Å²) in [7, 11) is -2.94. The maximum atomic E-state index is 11.3. The van der Waals surface area contributed by atoms with Gasteiger partial charge in [0.15, 0.2) is 0 Å². The topological polar surface area (TPSA) is 70.8 Å². The third-order valence-corrected chi connectivity index (χ3v) is 4.32. The molecule has 2 rings (SSSR count). The van der Waals surface area contributed by atoms with Gasteiger partial charge in [-0.2, -0.15) is 0 Å². The van der Waals surface area contributed by atoms with E-state index in [1.807, 2.05) is 24.3 Å². The normalized spacial score (nSPS) is 11.9. The molecule has 0 spiro atoms. The molecule has 0 radical (unpaired) electrons. The second-order valence-corrected chi connectivity index (χ2v) is 7.70. The van der Waals surface area contributed by atoms with E-state index in [0.29, 0.717) is 26.1 Å². The molecule has 2 aromatic rings. The molecule has 1 N–H and O–H groups in total.